The number of hydrogen-bond acceptors (Lipinski definition) is 3. The quantitative estimate of drug-likeness (QED) is 0.812. The highest BCUT2D eigenvalue weighted by molar-refractivity contribution is 5.97. The predicted octanol–water partition coefficient (Wildman–Crippen LogP) is 3.63. The van der Waals surface area contributed by atoms with Crippen LogP contribution in [-0.2, 0) is 0 Å². The number of furan rings is 1. The summed E-state index contributed by atoms with van der Waals surface area (Å²) in [4.78, 5) is 14.8. The normalized spacial score (nSPS) is 27.5. The molecule has 3 aliphatic heterocycles. The highest BCUT2D eigenvalue weighted by atomic mass is 19.1. The van der Waals surface area contributed by atoms with E-state index in [4.69, 9.17) is 4.42 Å². The summed E-state index contributed by atoms with van der Waals surface area (Å²) in [6.07, 6.45) is 2.72. The van der Waals surface area contributed by atoms with Gasteiger partial charge in [0.25, 0.3) is 0 Å². The van der Waals surface area contributed by atoms with Crippen LogP contribution in [0.4, 0.5) is 8.78 Å². The van der Waals surface area contributed by atoms with E-state index in [0.717, 1.165) is 38.5 Å². The van der Waals surface area contributed by atoms with Crippen LogP contribution in [0.15, 0.2) is 22.6 Å². The summed E-state index contributed by atoms with van der Waals surface area (Å²) in [6, 6.07) is 3.41. The van der Waals surface area contributed by atoms with Crippen molar-refractivity contribution in [1.82, 2.24) is 4.90 Å². The third-order valence-corrected chi connectivity index (χ3v) is 5.05. The number of ketones is 1. The van der Waals surface area contributed by atoms with Gasteiger partial charge >= 0.3 is 0 Å². The Kier molecular flexibility index (Phi) is 3.26. The standard InChI is InChI=1S/C17H17F2NO2/c18-13-5-11-7-16(22-17(11)14(19)8-13)15(21)6-12-9-20-3-1-10(12)2-4-20/h5,7-8,10,12H,1-4,6,9H2/t12-/m1/s1. The van der Waals surface area contributed by atoms with Crippen LogP contribution in [0.2, 0.25) is 0 Å². The molecule has 0 amide bonds. The summed E-state index contributed by atoms with van der Waals surface area (Å²) in [5, 5.41) is 0.301. The van der Waals surface area contributed by atoms with Gasteiger partial charge in [0, 0.05) is 24.4 Å². The van der Waals surface area contributed by atoms with Crippen LogP contribution in [0, 0.1) is 23.5 Å². The van der Waals surface area contributed by atoms with E-state index >= 15 is 0 Å². The van der Waals surface area contributed by atoms with Gasteiger partial charge in [0.1, 0.15) is 5.82 Å². The Morgan fingerprint density at radius 3 is 2.68 bits per heavy atom. The number of fused-ring (bicyclic) bond motifs is 4. The average Bonchev–Trinajstić information content (AvgIpc) is 2.93. The number of hydrogen-bond donors (Lipinski definition) is 0. The molecule has 0 radical (unpaired) electrons. The number of carbonyl (C=O) groups excluding carboxylic acids is 1. The van der Waals surface area contributed by atoms with Crippen molar-refractivity contribution in [3.8, 4) is 0 Å². The van der Waals surface area contributed by atoms with Gasteiger partial charge in [-0.15, -0.1) is 0 Å². The molecular formula is C17H17F2NO2. The average molecular weight is 305 g/mol. The lowest BCUT2D eigenvalue weighted by Gasteiger charge is -2.44. The monoisotopic (exact) mass is 305 g/mol. The number of rotatable bonds is 3. The molecule has 3 fully saturated rings. The van der Waals surface area contributed by atoms with E-state index in [1.807, 2.05) is 0 Å². The number of nitrogens with zero attached hydrogens (tertiary/aromatic N) is 1. The highest BCUT2D eigenvalue weighted by Crippen LogP contribution is 2.35. The van der Waals surface area contributed by atoms with Gasteiger partial charge in [-0.1, -0.05) is 0 Å². The van der Waals surface area contributed by atoms with Gasteiger partial charge in [0.15, 0.2) is 22.9 Å². The van der Waals surface area contributed by atoms with E-state index in [0.29, 0.717) is 23.6 Å². The second-order valence-corrected chi connectivity index (χ2v) is 6.44. The van der Waals surface area contributed by atoms with Gasteiger partial charge in [-0.25, -0.2) is 8.78 Å². The summed E-state index contributed by atoms with van der Waals surface area (Å²) in [7, 11) is 0. The number of benzene rings is 1. The summed E-state index contributed by atoms with van der Waals surface area (Å²) >= 11 is 0. The fraction of sp³-hybridized carbons (Fsp3) is 0.471. The molecule has 0 unspecified atom stereocenters. The largest absolute Gasteiger partial charge is 0.450 e. The Balaban J connectivity index is 1.56. The molecule has 0 spiro atoms. The first-order valence-electron chi connectivity index (χ1n) is 7.74. The fourth-order valence-corrected chi connectivity index (χ4v) is 3.87. The Hall–Kier alpha value is -1.75. The summed E-state index contributed by atoms with van der Waals surface area (Å²) in [5.41, 5.74) is -0.0429. The molecule has 1 aromatic carbocycles. The third kappa shape index (κ3) is 2.33. The molecule has 22 heavy (non-hydrogen) atoms. The van der Waals surface area contributed by atoms with Crippen molar-refractivity contribution in [3.05, 3.63) is 35.6 Å². The lowest BCUT2D eigenvalue weighted by Crippen LogP contribution is -2.47. The maximum Gasteiger partial charge on any atom is 0.198 e. The van der Waals surface area contributed by atoms with Crippen molar-refractivity contribution in [2.75, 3.05) is 19.6 Å². The van der Waals surface area contributed by atoms with Crippen molar-refractivity contribution in [2.45, 2.75) is 19.3 Å². The fourth-order valence-electron chi connectivity index (χ4n) is 3.87. The zero-order valence-electron chi connectivity index (χ0n) is 12.1. The van der Waals surface area contributed by atoms with Gasteiger partial charge in [0.05, 0.1) is 0 Å². The maximum atomic E-state index is 13.7. The van der Waals surface area contributed by atoms with Crippen molar-refractivity contribution in [2.24, 2.45) is 11.8 Å². The van der Waals surface area contributed by atoms with Crippen LogP contribution in [0.25, 0.3) is 11.0 Å². The molecule has 2 bridgehead atoms. The van der Waals surface area contributed by atoms with Crippen LogP contribution in [0.3, 0.4) is 0 Å². The summed E-state index contributed by atoms with van der Waals surface area (Å²) in [5.74, 6) is -0.456. The Morgan fingerprint density at radius 1 is 1.23 bits per heavy atom. The van der Waals surface area contributed by atoms with E-state index in [1.54, 1.807) is 0 Å². The molecule has 2 aromatic rings. The molecule has 116 valence electrons. The molecule has 0 saturated carbocycles. The van der Waals surface area contributed by atoms with Crippen LogP contribution >= 0.6 is 0 Å². The van der Waals surface area contributed by atoms with Crippen molar-refractivity contribution in [3.63, 3.8) is 0 Å². The lowest BCUT2D eigenvalue weighted by atomic mass is 9.76. The van der Waals surface area contributed by atoms with Crippen LogP contribution in [0.1, 0.15) is 29.8 Å². The molecule has 3 aliphatic rings. The lowest BCUT2D eigenvalue weighted by molar-refractivity contribution is 0.0433. The van der Waals surface area contributed by atoms with E-state index in [-0.39, 0.29) is 17.1 Å². The van der Waals surface area contributed by atoms with Gasteiger partial charge in [0.2, 0.25) is 0 Å². The van der Waals surface area contributed by atoms with Gasteiger partial charge < -0.3 is 9.32 Å². The number of Topliss-reactive ketones (excluding diaryl/α,β-unsaturated/α-hetero) is 1. The van der Waals surface area contributed by atoms with Crippen molar-refractivity contribution in [1.29, 1.82) is 0 Å². The van der Waals surface area contributed by atoms with Crippen LogP contribution < -0.4 is 0 Å². The first-order chi connectivity index (χ1) is 10.6. The maximum absolute atomic E-state index is 13.7. The minimum atomic E-state index is -0.767. The van der Waals surface area contributed by atoms with Gasteiger partial charge in [-0.3, -0.25) is 4.79 Å². The molecular weight excluding hydrogens is 288 g/mol. The molecule has 1 aromatic heterocycles. The first-order valence-corrected chi connectivity index (χ1v) is 7.74. The van der Waals surface area contributed by atoms with Gasteiger partial charge in [-0.05, 0) is 49.9 Å². The molecule has 5 heteroatoms. The Bertz CT molecular complexity index is 732. The number of halogens is 2. The molecule has 0 N–H and O–H groups in total. The van der Waals surface area contributed by atoms with E-state index < -0.39 is 11.6 Å². The number of piperidine rings is 3. The minimum Gasteiger partial charge on any atom is -0.450 e. The SMILES string of the molecule is O=C(C[C@@H]1CN2CCC1CC2)c1cc2cc(F)cc(F)c2o1. The minimum absolute atomic E-state index is 0.0429. The Labute approximate surface area is 126 Å². The van der Waals surface area contributed by atoms with Crippen molar-refractivity contribution >= 4 is 16.8 Å². The first kappa shape index (κ1) is 13.9. The van der Waals surface area contributed by atoms with E-state index in [9.17, 15) is 13.6 Å². The highest BCUT2D eigenvalue weighted by Gasteiger charge is 2.35. The second kappa shape index (κ2) is 5.16. The zero-order chi connectivity index (χ0) is 15.3. The predicted molar refractivity (Wildman–Crippen MR) is 77.7 cm³/mol. The molecule has 4 heterocycles. The van der Waals surface area contributed by atoms with Crippen LogP contribution in [0.5, 0.6) is 0 Å². The molecule has 0 aliphatic carbocycles. The topological polar surface area (TPSA) is 33.5 Å². The van der Waals surface area contributed by atoms with E-state index in [1.165, 1.54) is 12.1 Å². The van der Waals surface area contributed by atoms with Crippen molar-refractivity contribution < 1.29 is 18.0 Å². The van der Waals surface area contributed by atoms with E-state index in [2.05, 4.69) is 4.90 Å². The molecule has 5 rings (SSSR count). The molecule has 3 nitrogen and oxygen atoms in total. The zero-order valence-corrected chi connectivity index (χ0v) is 12.1. The third-order valence-electron chi connectivity index (χ3n) is 5.05. The molecule has 3 saturated heterocycles. The van der Waals surface area contributed by atoms with Gasteiger partial charge in [-0.2, -0.15) is 0 Å². The smallest absolute Gasteiger partial charge is 0.198 e. The summed E-state index contributed by atoms with van der Waals surface area (Å²) in [6.45, 7) is 3.22. The summed E-state index contributed by atoms with van der Waals surface area (Å²) < 4.78 is 32.2. The molecule has 1 atom stereocenters. The van der Waals surface area contributed by atoms with Crippen LogP contribution in [-0.4, -0.2) is 30.3 Å². The number of carbonyl (C=O) groups is 1. The Morgan fingerprint density at radius 2 is 2.00 bits per heavy atom. The second-order valence-electron chi connectivity index (χ2n) is 6.44.